The Morgan fingerprint density at radius 3 is 2.58 bits per heavy atom. The Morgan fingerprint density at radius 1 is 0.962 bits per heavy atom. The van der Waals surface area contributed by atoms with Crippen LogP contribution in [0.4, 0.5) is 5.95 Å². The Bertz CT molecular complexity index is 866. The van der Waals surface area contributed by atoms with Gasteiger partial charge < -0.3 is 14.3 Å². The van der Waals surface area contributed by atoms with Crippen molar-refractivity contribution >= 4 is 11.9 Å². The van der Waals surface area contributed by atoms with Crippen LogP contribution in [0.1, 0.15) is 16.8 Å². The van der Waals surface area contributed by atoms with Crippen LogP contribution in [0.5, 0.6) is 0 Å². The van der Waals surface area contributed by atoms with Gasteiger partial charge in [0.25, 0.3) is 17.7 Å². The van der Waals surface area contributed by atoms with Gasteiger partial charge in [-0.25, -0.2) is 0 Å². The van der Waals surface area contributed by atoms with Gasteiger partial charge >= 0.3 is 0 Å². The molecule has 1 aromatic carbocycles. The monoisotopic (exact) mass is 349 g/mol. The second kappa shape index (κ2) is 7.35. The molecule has 1 amide bonds. The molecule has 0 bridgehead atoms. The first-order valence-electron chi connectivity index (χ1n) is 8.64. The summed E-state index contributed by atoms with van der Waals surface area (Å²) in [6.45, 7) is 2.79. The Balaban J connectivity index is 1.44. The molecule has 0 atom stereocenters. The van der Waals surface area contributed by atoms with Crippen LogP contribution in [0.2, 0.25) is 0 Å². The van der Waals surface area contributed by atoms with Crippen LogP contribution in [-0.2, 0) is 0 Å². The summed E-state index contributed by atoms with van der Waals surface area (Å²) in [5.74, 6) is 1.11. The highest BCUT2D eigenvalue weighted by Gasteiger charge is 2.23. The number of carbonyl (C=O) groups excluding carboxylic acids is 1. The molecule has 4 rings (SSSR count). The maximum Gasteiger partial charge on any atom is 0.266 e. The van der Waals surface area contributed by atoms with Crippen molar-refractivity contribution in [3.63, 3.8) is 0 Å². The summed E-state index contributed by atoms with van der Waals surface area (Å²) in [5.41, 5.74) is 1.56. The molecule has 1 fully saturated rings. The Kier molecular flexibility index (Phi) is 4.59. The standard InChI is InChI=1S/C19H19N5O2/c25-18(16-7-9-20-10-8-16)23-11-4-12-24(14-13-23)19-21-17(26-22-19)15-5-2-1-3-6-15/h1-3,5-10H,4,11-14H2. The van der Waals surface area contributed by atoms with Crippen LogP contribution in [0.15, 0.2) is 59.4 Å². The fourth-order valence-corrected chi connectivity index (χ4v) is 3.04. The highest BCUT2D eigenvalue weighted by Crippen LogP contribution is 2.21. The minimum absolute atomic E-state index is 0.0346. The predicted molar refractivity (Wildman–Crippen MR) is 96.7 cm³/mol. The summed E-state index contributed by atoms with van der Waals surface area (Å²) in [6.07, 6.45) is 4.13. The number of rotatable bonds is 3. The van der Waals surface area contributed by atoms with E-state index in [2.05, 4.69) is 20.0 Å². The first-order chi connectivity index (χ1) is 12.8. The molecule has 132 valence electrons. The van der Waals surface area contributed by atoms with Gasteiger partial charge in [-0.15, -0.1) is 0 Å². The van der Waals surface area contributed by atoms with Gasteiger partial charge in [-0.05, 0) is 35.8 Å². The molecular weight excluding hydrogens is 330 g/mol. The molecule has 7 nitrogen and oxygen atoms in total. The summed E-state index contributed by atoms with van der Waals surface area (Å²) in [5, 5.41) is 4.11. The van der Waals surface area contributed by atoms with Crippen molar-refractivity contribution in [3.8, 4) is 11.5 Å². The average molecular weight is 349 g/mol. The lowest BCUT2D eigenvalue weighted by molar-refractivity contribution is 0.0767. The van der Waals surface area contributed by atoms with Crippen molar-refractivity contribution in [1.29, 1.82) is 0 Å². The number of nitrogens with zero attached hydrogens (tertiary/aromatic N) is 5. The number of hydrogen-bond donors (Lipinski definition) is 0. The highest BCUT2D eigenvalue weighted by molar-refractivity contribution is 5.94. The third-order valence-electron chi connectivity index (χ3n) is 4.43. The van der Waals surface area contributed by atoms with E-state index in [9.17, 15) is 4.79 Å². The van der Waals surface area contributed by atoms with Crippen LogP contribution in [0, 0.1) is 0 Å². The quantitative estimate of drug-likeness (QED) is 0.723. The molecule has 7 heteroatoms. The van der Waals surface area contributed by atoms with Crippen molar-refractivity contribution in [3.05, 3.63) is 60.4 Å². The van der Waals surface area contributed by atoms with Crippen LogP contribution < -0.4 is 4.90 Å². The minimum Gasteiger partial charge on any atom is -0.337 e. The zero-order valence-electron chi connectivity index (χ0n) is 14.3. The molecule has 3 aromatic rings. The number of carbonyl (C=O) groups is 1. The topological polar surface area (TPSA) is 75.4 Å². The minimum atomic E-state index is 0.0346. The number of benzene rings is 1. The fourth-order valence-electron chi connectivity index (χ4n) is 3.04. The van der Waals surface area contributed by atoms with Crippen LogP contribution in [0.25, 0.3) is 11.5 Å². The number of pyridine rings is 1. The van der Waals surface area contributed by atoms with Gasteiger partial charge in [0.1, 0.15) is 0 Å². The lowest BCUT2D eigenvalue weighted by Crippen LogP contribution is -2.35. The molecule has 0 aliphatic carbocycles. The molecule has 26 heavy (non-hydrogen) atoms. The molecule has 2 aromatic heterocycles. The van der Waals surface area contributed by atoms with E-state index in [0.717, 1.165) is 18.5 Å². The SMILES string of the molecule is O=C(c1ccncc1)N1CCCN(c2noc(-c3ccccc3)n2)CC1. The molecule has 0 radical (unpaired) electrons. The van der Waals surface area contributed by atoms with Crippen molar-refractivity contribution in [2.24, 2.45) is 0 Å². The molecule has 0 N–H and O–H groups in total. The molecule has 0 unspecified atom stereocenters. The Hall–Kier alpha value is -3.22. The maximum absolute atomic E-state index is 12.6. The van der Waals surface area contributed by atoms with Gasteiger partial charge in [0.2, 0.25) is 0 Å². The molecule has 1 saturated heterocycles. The second-order valence-corrected chi connectivity index (χ2v) is 6.13. The van der Waals surface area contributed by atoms with Crippen molar-refractivity contribution in [1.82, 2.24) is 20.0 Å². The van der Waals surface area contributed by atoms with E-state index < -0.39 is 0 Å². The van der Waals surface area contributed by atoms with E-state index in [1.165, 1.54) is 0 Å². The summed E-state index contributed by atoms with van der Waals surface area (Å²) in [7, 11) is 0. The van der Waals surface area contributed by atoms with E-state index in [4.69, 9.17) is 4.52 Å². The van der Waals surface area contributed by atoms with E-state index in [1.54, 1.807) is 24.5 Å². The fraction of sp³-hybridized carbons (Fsp3) is 0.263. The highest BCUT2D eigenvalue weighted by atomic mass is 16.5. The van der Waals surface area contributed by atoms with Crippen molar-refractivity contribution in [2.75, 3.05) is 31.1 Å². The first kappa shape index (κ1) is 16.3. The lowest BCUT2D eigenvalue weighted by atomic mass is 10.2. The van der Waals surface area contributed by atoms with Crippen molar-refractivity contribution < 1.29 is 9.32 Å². The predicted octanol–water partition coefficient (Wildman–Crippen LogP) is 2.48. The number of aromatic nitrogens is 3. The summed E-state index contributed by atoms with van der Waals surface area (Å²) < 4.78 is 5.40. The lowest BCUT2D eigenvalue weighted by Gasteiger charge is -2.21. The van der Waals surface area contributed by atoms with Gasteiger partial charge in [-0.1, -0.05) is 18.2 Å². The average Bonchev–Trinajstić information content (AvgIpc) is 3.07. The molecule has 3 heterocycles. The number of anilines is 1. The normalized spacial score (nSPS) is 14.9. The molecular formula is C19H19N5O2. The smallest absolute Gasteiger partial charge is 0.266 e. The number of hydrogen-bond acceptors (Lipinski definition) is 6. The third kappa shape index (κ3) is 3.42. The molecule has 0 spiro atoms. The van der Waals surface area contributed by atoms with Crippen LogP contribution in [-0.4, -0.2) is 52.1 Å². The van der Waals surface area contributed by atoms with E-state index >= 15 is 0 Å². The first-order valence-corrected chi connectivity index (χ1v) is 8.64. The van der Waals surface area contributed by atoms with Gasteiger partial charge in [-0.2, -0.15) is 4.98 Å². The third-order valence-corrected chi connectivity index (χ3v) is 4.43. The largest absolute Gasteiger partial charge is 0.337 e. The van der Waals surface area contributed by atoms with E-state index in [-0.39, 0.29) is 5.91 Å². The van der Waals surface area contributed by atoms with E-state index in [1.807, 2.05) is 35.2 Å². The zero-order valence-corrected chi connectivity index (χ0v) is 14.3. The summed E-state index contributed by atoms with van der Waals surface area (Å²) in [4.78, 5) is 25.0. The molecule has 0 saturated carbocycles. The second-order valence-electron chi connectivity index (χ2n) is 6.13. The zero-order chi connectivity index (χ0) is 17.8. The van der Waals surface area contributed by atoms with Crippen LogP contribution >= 0.6 is 0 Å². The maximum atomic E-state index is 12.6. The molecule has 1 aliphatic heterocycles. The Labute approximate surface area is 151 Å². The summed E-state index contributed by atoms with van der Waals surface area (Å²) in [6, 6.07) is 13.2. The van der Waals surface area contributed by atoms with Gasteiger partial charge in [0, 0.05) is 49.7 Å². The number of amides is 1. The van der Waals surface area contributed by atoms with Gasteiger partial charge in [0.15, 0.2) is 0 Å². The van der Waals surface area contributed by atoms with Gasteiger partial charge in [-0.3, -0.25) is 9.78 Å². The Morgan fingerprint density at radius 2 is 1.77 bits per heavy atom. The van der Waals surface area contributed by atoms with E-state index in [0.29, 0.717) is 37.0 Å². The molecule has 1 aliphatic rings. The van der Waals surface area contributed by atoms with Gasteiger partial charge in [0.05, 0.1) is 0 Å². The summed E-state index contributed by atoms with van der Waals surface area (Å²) >= 11 is 0. The van der Waals surface area contributed by atoms with Crippen LogP contribution in [0.3, 0.4) is 0 Å². The van der Waals surface area contributed by atoms with Crippen molar-refractivity contribution in [2.45, 2.75) is 6.42 Å².